The summed E-state index contributed by atoms with van der Waals surface area (Å²) in [5.41, 5.74) is 0. The van der Waals surface area contributed by atoms with Gasteiger partial charge in [-0.25, -0.2) is 0 Å². The first-order valence-corrected chi connectivity index (χ1v) is 12.1. The van der Waals surface area contributed by atoms with Crippen LogP contribution in [0, 0.1) is 5.92 Å². The number of carbonyl (C=O) groups is 1. The second-order valence-corrected chi connectivity index (χ2v) is 8.55. The molecule has 1 aliphatic rings. The van der Waals surface area contributed by atoms with Crippen LogP contribution in [-0.4, -0.2) is 23.9 Å². The molecule has 0 bridgehead atoms. The third kappa shape index (κ3) is 11.2. The van der Waals surface area contributed by atoms with Gasteiger partial charge < -0.3 is 4.90 Å². The van der Waals surface area contributed by atoms with Crippen molar-refractivity contribution < 1.29 is 4.79 Å². The molecule has 1 amide bonds. The lowest BCUT2D eigenvalue weighted by molar-refractivity contribution is -0.131. The zero-order valence-electron chi connectivity index (χ0n) is 18.1. The van der Waals surface area contributed by atoms with Gasteiger partial charge in [-0.15, -0.1) is 0 Å². The number of amides is 1. The summed E-state index contributed by atoms with van der Waals surface area (Å²) >= 11 is 0. The zero-order chi connectivity index (χ0) is 18.9. The van der Waals surface area contributed by atoms with Crippen LogP contribution in [-0.2, 0) is 4.79 Å². The van der Waals surface area contributed by atoms with E-state index >= 15 is 0 Å². The van der Waals surface area contributed by atoms with Crippen LogP contribution in [0.4, 0.5) is 0 Å². The molecule has 0 saturated carbocycles. The Bertz CT molecular complexity index is 328. The molecule has 1 atom stereocenters. The third-order valence-corrected chi connectivity index (χ3v) is 6.10. The Labute approximate surface area is 164 Å². The van der Waals surface area contributed by atoms with Gasteiger partial charge in [0.15, 0.2) is 0 Å². The Kier molecular flexibility index (Phi) is 15.0. The van der Waals surface area contributed by atoms with Crippen molar-refractivity contribution in [2.24, 2.45) is 5.92 Å². The fourth-order valence-electron chi connectivity index (χ4n) is 4.25. The fourth-order valence-corrected chi connectivity index (χ4v) is 4.25. The van der Waals surface area contributed by atoms with Crippen molar-refractivity contribution in [1.29, 1.82) is 0 Å². The third-order valence-electron chi connectivity index (χ3n) is 6.10. The molecule has 1 aliphatic heterocycles. The number of nitrogens with zero attached hydrogens (tertiary/aromatic N) is 1. The molecule has 154 valence electrons. The molecule has 1 fully saturated rings. The molecule has 0 N–H and O–H groups in total. The highest BCUT2D eigenvalue weighted by Crippen LogP contribution is 2.24. The second kappa shape index (κ2) is 16.6. The summed E-state index contributed by atoms with van der Waals surface area (Å²) in [5, 5.41) is 0. The summed E-state index contributed by atoms with van der Waals surface area (Å²) in [7, 11) is 0. The lowest BCUT2D eigenvalue weighted by Crippen LogP contribution is -2.28. The van der Waals surface area contributed by atoms with Crippen LogP contribution in [0.5, 0.6) is 0 Å². The van der Waals surface area contributed by atoms with E-state index in [0.717, 1.165) is 25.9 Å². The monoisotopic (exact) mass is 365 g/mol. The SMILES string of the molecule is CCCCCCCCCCCCN1CCC(CCCCCCCC)C1=O. The Morgan fingerprint density at radius 2 is 1.15 bits per heavy atom. The lowest BCUT2D eigenvalue weighted by atomic mass is 9.99. The smallest absolute Gasteiger partial charge is 0.225 e. The standard InChI is InChI=1S/C24H47NO/c1-3-5-7-9-11-12-13-14-16-18-21-25-22-20-23(24(25)26)19-17-15-10-8-6-4-2/h23H,3-22H2,1-2H3. The molecule has 0 aromatic carbocycles. The Morgan fingerprint density at radius 1 is 0.692 bits per heavy atom. The first kappa shape index (κ1) is 23.5. The van der Waals surface area contributed by atoms with Crippen LogP contribution >= 0.6 is 0 Å². The molecule has 1 unspecified atom stereocenters. The average Bonchev–Trinajstić information content (AvgIpc) is 2.99. The maximum atomic E-state index is 12.5. The Balaban J connectivity index is 1.93. The first-order chi connectivity index (χ1) is 12.8. The van der Waals surface area contributed by atoms with Crippen molar-refractivity contribution in [3.8, 4) is 0 Å². The first-order valence-electron chi connectivity index (χ1n) is 12.1. The van der Waals surface area contributed by atoms with Crippen LogP contribution in [0.15, 0.2) is 0 Å². The average molecular weight is 366 g/mol. The van der Waals surface area contributed by atoms with Crippen molar-refractivity contribution in [3.05, 3.63) is 0 Å². The van der Waals surface area contributed by atoms with E-state index in [0.29, 0.717) is 11.8 Å². The van der Waals surface area contributed by atoms with E-state index in [9.17, 15) is 4.79 Å². The molecule has 26 heavy (non-hydrogen) atoms. The summed E-state index contributed by atoms with van der Waals surface area (Å²) in [6.45, 7) is 6.58. The predicted octanol–water partition coefficient (Wildman–Crippen LogP) is 7.51. The highest BCUT2D eigenvalue weighted by molar-refractivity contribution is 5.80. The number of carbonyl (C=O) groups excluding carboxylic acids is 1. The van der Waals surface area contributed by atoms with Gasteiger partial charge in [0.2, 0.25) is 5.91 Å². The fraction of sp³-hybridized carbons (Fsp3) is 0.958. The molecule has 0 aliphatic carbocycles. The van der Waals surface area contributed by atoms with Crippen molar-refractivity contribution in [2.45, 2.75) is 129 Å². The van der Waals surface area contributed by atoms with Gasteiger partial charge in [-0.1, -0.05) is 110 Å². The number of likely N-dealkylation sites (tertiary alicyclic amines) is 1. The number of hydrogen-bond donors (Lipinski definition) is 0. The topological polar surface area (TPSA) is 20.3 Å². The van der Waals surface area contributed by atoms with E-state index in [2.05, 4.69) is 18.7 Å². The van der Waals surface area contributed by atoms with Crippen LogP contribution in [0.1, 0.15) is 129 Å². The molecule has 0 radical (unpaired) electrons. The molecular formula is C24H47NO. The summed E-state index contributed by atoms with van der Waals surface area (Å²) < 4.78 is 0. The van der Waals surface area contributed by atoms with Gasteiger partial charge >= 0.3 is 0 Å². The Hall–Kier alpha value is -0.530. The van der Waals surface area contributed by atoms with Crippen LogP contribution < -0.4 is 0 Å². The van der Waals surface area contributed by atoms with Crippen molar-refractivity contribution >= 4 is 5.91 Å². The minimum atomic E-state index is 0.351. The maximum absolute atomic E-state index is 12.5. The number of hydrogen-bond acceptors (Lipinski definition) is 1. The Morgan fingerprint density at radius 3 is 1.69 bits per heavy atom. The van der Waals surface area contributed by atoms with Crippen LogP contribution in [0.2, 0.25) is 0 Å². The van der Waals surface area contributed by atoms with E-state index in [1.165, 1.54) is 103 Å². The molecule has 2 nitrogen and oxygen atoms in total. The van der Waals surface area contributed by atoms with E-state index in [-0.39, 0.29) is 0 Å². The summed E-state index contributed by atoms with van der Waals surface area (Å²) in [4.78, 5) is 14.6. The molecule has 0 aromatic heterocycles. The lowest BCUT2D eigenvalue weighted by Gasteiger charge is -2.16. The molecule has 0 aromatic rings. The molecular weight excluding hydrogens is 318 g/mol. The van der Waals surface area contributed by atoms with Gasteiger partial charge in [0, 0.05) is 19.0 Å². The van der Waals surface area contributed by atoms with Gasteiger partial charge in [0.1, 0.15) is 0 Å². The van der Waals surface area contributed by atoms with Crippen molar-refractivity contribution in [3.63, 3.8) is 0 Å². The van der Waals surface area contributed by atoms with Crippen LogP contribution in [0.3, 0.4) is 0 Å². The summed E-state index contributed by atoms with van der Waals surface area (Å²) in [6, 6.07) is 0. The number of unbranched alkanes of at least 4 members (excludes halogenated alkanes) is 14. The van der Waals surface area contributed by atoms with Crippen LogP contribution in [0.25, 0.3) is 0 Å². The highest BCUT2D eigenvalue weighted by Gasteiger charge is 2.30. The second-order valence-electron chi connectivity index (χ2n) is 8.55. The van der Waals surface area contributed by atoms with Gasteiger partial charge in [0.25, 0.3) is 0 Å². The zero-order valence-corrected chi connectivity index (χ0v) is 18.1. The van der Waals surface area contributed by atoms with Gasteiger partial charge in [-0.2, -0.15) is 0 Å². The minimum absolute atomic E-state index is 0.351. The highest BCUT2D eigenvalue weighted by atomic mass is 16.2. The largest absolute Gasteiger partial charge is 0.342 e. The van der Waals surface area contributed by atoms with E-state index in [1.807, 2.05) is 0 Å². The van der Waals surface area contributed by atoms with Gasteiger partial charge in [0.05, 0.1) is 0 Å². The van der Waals surface area contributed by atoms with E-state index in [1.54, 1.807) is 0 Å². The summed E-state index contributed by atoms with van der Waals surface area (Å²) in [6.07, 6.45) is 23.9. The molecule has 0 spiro atoms. The molecule has 1 rings (SSSR count). The quantitative estimate of drug-likeness (QED) is 0.230. The number of rotatable bonds is 18. The molecule has 1 heterocycles. The van der Waals surface area contributed by atoms with Gasteiger partial charge in [-0.05, 0) is 19.3 Å². The van der Waals surface area contributed by atoms with E-state index in [4.69, 9.17) is 0 Å². The summed E-state index contributed by atoms with van der Waals surface area (Å²) in [5.74, 6) is 0.818. The molecule has 2 heteroatoms. The normalized spacial score (nSPS) is 17.4. The van der Waals surface area contributed by atoms with Crippen molar-refractivity contribution in [2.75, 3.05) is 13.1 Å². The molecule has 1 saturated heterocycles. The minimum Gasteiger partial charge on any atom is -0.342 e. The van der Waals surface area contributed by atoms with E-state index < -0.39 is 0 Å². The predicted molar refractivity (Wildman–Crippen MR) is 115 cm³/mol. The van der Waals surface area contributed by atoms with Crippen molar-refractivity contribution in [1.82, 2.24) is 4.90 Å². The van der Waals surface area contributed by atoms with Gasteiger partial charge in [-0.3, -0.25) is 4.79 Å². The maximum Gasteiger partial charge on any atom is 0.225 e.